The normalized spacial score (nSPS) is 20.1. The summed E-state index contributed by atoms with van der Waals surface area (Å²) in [7, 11) is 0. The van der Waals surface area contributed by atoms with Gasteiger partial charge < -0.3 is 10.5 Å². The van der Waals surface area contributed by atoms with Crippen molar-refractivity contribution in [2.45, 2.75) is 19.3 Å². The van der Waals surface area contributed by atoms with Gasteiger partial charge in [0.2, 0.25) is 0 Å². The summed E-state index contributed by atoms with van der Waals surface area (Å²) in [6, 6.07) is 1.67. The van der Waals surface area contributed by atoms with Gasteiger partial charge in [0.05, 0.1) is 16.8 Å². The molecule has 0 aromatic heterocycles. The minimum atomic E-state index is -0.433. The number of anilines is 1. The van der Waals surface area contributed by atoms with Gasteiger partial charge in [0, 0.05) is 5.56 Å². The first-order valence-electron chi connectivity index (χ1n) is 4.51. The highest BCUT2D eigenvalue weighted by molar-refractivity contribution is 9.10. The van der Waals surface area contributed by atoms with Crippen molar-refractivity contribution in [3.63, 3.8) is 0 Å². The summed E-state index contributed by atoms with van der Waals surface area (Å²) in [5.41, 5.74) is 6.71. The van der Waals surface area contributed by atoms with Crippen LogP contribution < -0.4 is 10.5 Å². The minimum absolute atomic E-state index is 0.174. The molecule has 4 heteroatoms. The summed E-state index contributed by atoms with van der Waals surface area (Å²) in [5, 5.41) is 0. The monoisotopic (exact) mass is 259 g/mol. The Kier molecular flexibility index (Phi) is 2.39. The molecular weight excluding hydrogens is 249 g/mol. The molecule has 1 atom stereocenters. The topological polar surface area (TPSA) is 35.2 Å². The van der Waals surface area contributed by atoms with Gasteiger partial charge >= 0.3 is 0 Å². The zero-order valence-corrected chi connectivity index (χ0v) is 9.40. The lowest BCUT2D eigenvalue weighted by molar-refractivity contribution is 0.269. The number of nitrogen functional groups attached to an aromatic ring is 1. The zero-order chi connectivity index (χ0) is 10.3. The van der Waals surface area contributed by atoms with Gasteiger partial charge in [0.15, 0.2) is 5.82 Å². The van der Waals surface area contributed by atoms with E-state index in [1.54, 1.807) is 6.07 Å². The molecule has 0 saturated carbocycles. The van der Waals surface area contributed by atoms with Crippen LogP contribution in [0, 0.1) is 5.82 Å². The third-order valence-electron chi connectivity index (χ3n) is 2.55. The summed E-state index contributed by atoms with van der Waals surface area (Å²) in [4.78, 5) is 0. The quantitative estimate of drug-likeness (QED) is 0.727. The van der Waals surface area contributed by atoms with Crippen molar-refractivity contribution in [3.8, 4) is 5.75 Å². The Labute approximate surface area is 90.4 Å². The predicted molar refractivity (Wildman–Crippen MR) is 57.0 cm³/mol. The molecule has 2 nitrogen and oxygen atoms in total. The number of nitrogens with two attached hydrogens (primary N) is 1. The first kappa shape index (κ1) is 9.77. The van der Waals surface area contributed by atoms with Crippen LogP contribution >= 0.6 is 15.9 Å². The second-order valence-corrected chi connectivity index (χ2v) is 4.34. The maximum atomic E-state index is 13.4. The van der Waals surface area contributed by atoms with Gasteiger partial charge in [0.25, 0.3) is 0 Å². The lowest BCUT2D eigenvalue weighted by Gasteiger charge is -2.24. The Morgan fingerprint density at radius 1 is 1.64 bits per heavy atom. The van der Waals surface area contributed by atoms with Crippen molar-refractivity contribution in [2.24, 2.45) is 0 Å². The van der Waals surface area contributed by atoms with E-state index in [1.807, 2.05) is 0 Å². The first-order valence-corrected chi connectivity index (χ1v) is 5.30. The molecule has 2 N–H and O–H groups in total. The molecule has 0 amide bonds. The molecule has 1 aliphatic rings. The number of fused-ring (bicyclic) bond motifs is 1. The SMILES string of the molecule is CC1CCOc2c1cc(N)c(F)c2Br. The van der Waals surface area contributed by atoms with Crippen LogP contribution in [0.1, 0.15) is 24.8 Å². The Morgan fingerprint density at radius 2 is 2.36 bits per heavy atom. The summed E-state index contributed by atoms with van der Waals surface area (Å²) in [5.74, 6) is 0.547. The molecule has 1 heterocycles. The van der Waals surface area contributed by atoms with E-state index in [0.717, 1.165) is 12.0 Å². The number of hydrogen-bond donors (Lipinski definition) is 1. The van der Waals surface area contributed by atoms with Crippen LogP contribution in [0.15, 0.2) is 10.5 Å². The molecule has 1 aliphatic heterocycles. The Morgan fingerprint density at radius 3 is 3.07 bits per heavy atom. The summed E-state index contributed by atoms with van der Waals surface area (Å²) < 4.78 is 19.2. The molecule has 1 unspecified atom stereocenters. The molecule has 0 bridgehead atoms. The zero-order valence-electron chi connectivity index (χ0n) is 7.81. The van der Waals surface area contributed by atoms with Crippen LogP contribution in [0.5, 0.6) is 5.75 Å². The van der Waals surface area contributed by atoms with Crippen molar-refractivity contribution < 1.29 is 9.13 Å². The van der Waals surface area contributed by atoms with Gasteiger partial charge in [-0.15, -0.1) is 0 Å². The molecular formula is C10H11BrFNO. The third-order valence-corrected chi connectivity index (χ3v) is 3.26. The van der Waals surface area contributed by atoms with Gasteiger partial charge in [-0.2, -0.15) is 0 Å². The van der Waals surface area contributed by atoms with E-state index in [0.29, 0.717) is 22.7 Å². The van der Waals surface area contributed by atoms with E-state index < -0.39 is 5.82 Å². The lowest BCUT2D eigenvalue weighted by Crippen LogP contribution is -2.13. The van der Waals surface area contributed by atoms with Crippen LogP contribution in [-0.4, -0.2) is 6.61 Å². The number of rotatable bonds is 0. The Hall–Kier alpha value is -0.770. The predicted octanol–water partition coefficient (Wildman–Crippen LogP) is 3.06. The van der Waals surface area contributed by atoms with E-state index in [1.165, 1.54) is 0 Å². The highest BCUT2D eigenvalue weighted by atomic mass is 79.9. The lowest BCUT2D eigenvalue weighted by atomic mass is 9.94. The van der Waals surface area contributed by atoms with Crippen LogP contribution in [0.3, 0.4) is 0 Å². The second-order valence-electron chi connectivity index (χ2n) is 3.55. The average molecular weight is 260 g/mol. The molecule has 0 spiro atoms. The van der Waals surface area contributed by atoms with Crippen molar-refractivity contribution >= 4 is 21.6 Å². The molecule has 1 aromatic carbocycles. The average Bonchev–Trinajstić information content (AvgIpc) is 2.17. The molecule has 1 aromatic rings. The van der Waals surface area contributed by atoms with Crippen molar-refractivity contribution in [1.29, 1.82) is 0 Å². The van der Waals surface area contributed by atoms with E-state index >= 15 is 0 Å². The van der Waals surface area contributed by atoms with Crippen LogP contribution in [0.2, 0.25) is 0 Å². The number of halogens is 2. The first-order chi connectivity index (χ1) is 6.61. The number of hydrogen-bond acceptors (Lipinski definition) is 2. The maximum absolute atomic E-state index is 13.4. The molecule has 0 aliphatic carbocycles. The summed E-state index contributed by atoms with van der Waals surface area (Å²) in [6.45, 7) is 2.72. The smallest absolute Gasteiger partial charge is 0.164 e. The van der Waals surface area contributed by atoms with Gasteiger partial charge in [-0.1, -0.05) is 6.92 Å². The maximum Gasteiger partial charge on any atom is 0.164 e. The number of ether oxygens (including phenoxy) is 1. The molecule has 14 heavy (non-hydrogen) atoms. The van der Waals surface area contributed by atoms with Gasteiger partial charge in [0.1, 0.15) is 5.75 Å². The van der Waals surface area contributed by atoms with Crippen molar-refractivity contribution in [1.82, 2.24) is 0 Å². The molecule has 2 rings (SSSR count). The fourth-order valence-electron chi connectivity index (χ4n) is 1.66. The third kappa shape index (κ3) is 1.38. The Bertz CT molecular complexity index is 381. The highest BCUT2D eigenvalue weighted by Gasteiger charge is 2.23. The highest BCUT2D eigenvalue weighted by Crippen LogP contribution is 2.42. The van der Waals surface area contributed by atoms with Gasteiger partial charge in [-0.05, 0) is 34.3 Å². The second kappa shape index (κ2) is 3.42. The summed E-state index contributed by atoms with van der Waals surface area (Å²) in [6.07, 6.45) is 0.949. The van der Waals surface area contributed by atoms with Gasteiger partial charge in [-0.3, -0.25) is 0 Å². The number of benzene rings is 1. The Balaban J connectivity index is 2.63. The molecule has 0 radical (unpaired) electrons. The fraction of sp³-hybridized carbons (Fsp3) is 0.400. The standard InChI is InChI=1S/C10H11BrFNO/c1-5-2-3-14-10-6(5)4-7(13)9(12)8(10)11/h4-5H,2-3,13H2,1H3. The fourth-order valence-corrected chi connectivity index (χ4v) is 2.23. The van der Waals surface area contributed by atoms with Crippen LogP contribution in [0.25, 0.3) is 0 Å². The minimum Gasteiger partial charge on any atom is -0.492 e. The molecule has 0 fully saturated rings. The van der Waals surface area contributed by atoms with E-state index in [-0.39, 0.29) is 5.69 Å². The van der Waals surface area contributed by atoms with E-state index in [9.17, 15) is 4.39 Å². The molecule has 76 valence electrons. The largest absolute Gasteiger partial charge is 0.492 e. The van der Waals surface area contributed by atoms with Crippen LogP contribution in [-0.2, 0) is 0 Å². The van der Waals surface area contributed by atoms with Crippen molar-refractivity contribution in [2.75, 3.05) is 12.3 Å². The van der Waals surface area contributed by atoms with Crippen molar-refractivity contribution in [3.05, 3.63) is 21.9 Å². The van der Waals surface area contributed by atoms with Gasteiger partial charge in [-0.25, -0.2) is 4.39 Å². The van der Waals surface area contributed by atoms with Crippen LogP contribution in [0.4, 0.5) is 10.1 Å². The molecule has 0 saturated heterocycles. The van der Waals surface area contributed by atoms with E-state index in [2.05, 4.69) is 22.9 Å². The summed E-state index contributed by atoms with van der Waals surface area (Å²) >= 11 is 3.16. The van der Waals surface area contributed by atoms with E-state index in [4.69, 9.17) is 10.5 Å².